The van der Waals surface area contributed by atoms with Crippen molar-refractivity contribution in [2.24, 2.45) is 0 Å². The molecule has 0 radical (unpaired) electrons. The fourth-order valence-electron chi connectivity index (χ4n) is 2.05. The number of nitrogen functional groups attached to an aromatic ring is 2. The van der Waals surface area contributed by atoms with Crippen molar-refractivity contribution in [1.82, 2.24) is 15.0 Å². The molecular formula is C18H23N7. The van der Waals surface area contributed by atoms with Gasteiger partial charge in [0.15, 0.2) is 0 Å². The minimum atomic E-state index is 0.141. The SMILES string of the molecule is CC.Nc1cccc(Nc2nc(N)nc(NCc3ccccc3)n2)c1. The zero-order valence-corrected chi connectivity index (χ0v) is 14.4. The molecule has 0 amide bonds. The second kappa shape index (κ2) is 9.07. The smallest absolute Gasteiger partial charge is 0.233 e. The van der Waals surface area contributed by atoms with Gasteiger partial charge in [-0.2, -0.15) is 15.0 Å². The Kier molecular flexibility index (Phi) is 6.53. The molecular weight excluding hydrogens is 314 g/mol. The number of aromatic nitrogens is 3. The van der Waals surface area contributed by atoms with Crippen molar-refractivity contribution in [3.63, 3.8) is 0 Å². The van der Waals surface area contributed by atoms with Gasteiger partial charge in [-0.05, 0) is 23.8 Å². The quantitative estimate of drug-likeness (QED) is 0.527. The number of rotatable bonds is 5. The van der Waals surface area contributed by atoms with E-state index in [-0.39, 0.29) is 5.95 Å². The topological polar surface area (TPSA) is 115 Å². The number of hydrogen-bond acceptors (Lipinski definition) is 7. The van der Waals surface area contributed by atoms with E-state index in [1.807, 2.05) is 56.3 Å². The van der Waals surface area contributed by atoms with Crippen molar-refractivity contribution in [3.05, 3.63) is 60.2 Å². The van der Waals surface area contributed by atoms with Crippen molar-refractivity contribution in [2.75, 3.05) is 22.1 Å². The van der Waals surface area contributed by atoms with Crippen LogP contribution < -0.4 is 22.1 Å². The maximum Gasteiger partial charge on any atom is 0.233 e. The number of nitrogens with zero attached hydrogens (tertiary/aromatic N) is 3. The molecule has 0 saturated carbocycles. The van der Waals surface area contributed by atoms with Crippen molar-refractivity contribution in [2.45, 2.75) is 20.4 Å². The van der Waals surface area contributed by atoms with Crippen LogP contribution in [0.5, 0.6) is 0 Å². The van der Waals surface area contributed by atoms with E-state index in [2.05, 4.69) is 25.6 Å². The summed E-state index contributed by atoms with van der Waals surface area (Å²) in [6, 6.07) is 17.3. The Bertz CT molecular complexity index is 790. The van der Waals surface area contributed by atoms with Crippen molar-refractivity contribution >= 4 is 29.2 Å². The van der Waals surface area contributed by atoms with Gasteiger partial charge in [0.25, 0.3) is 0 Å². The lowest BCUT2D eigenvalue weighted by Gasteiger charge is -2.09. The molecule has 7 nitrogen and oxygen atoms in total. The fraction of sp³-hybridized carbons (Fsp3) is 0.167. The molecule has 0 aliphatic rings. The molecule has 0 saturated heterocycles. The molecule has 0 bridgehead atoms. The summed E-state index contributed by atoms with van der Waals surface area (Å²) in [6.07, 6.45) is 0. The molecule has 1 heterocycles. The van der Waals surface area contributed by atoms with Crippen molar-refractivity contribution < 1.29 is 0 Å². The summed E-state index contributed by atoms with van der Waals surface area (Å²) in [5, 5.41) is 6.19. The highest BCUT2D eigenvalue weighted by Gasteiger charge is 2.05. The Morgan fingerprint density at radius 1 is 0.840 bits per heavy atom. The summed E-state index contributed by atoms with van der Waals surface area (Å²) in [6.45, 7) is 4.60. The van der Waals surface area contributed by atoms with E-state index >= 15 is 0 Å². The molecule has 0 atom stereocenters. The number of anilines is 5. The predicted octanol–water partition coefficient (Wildman–Crippen LogP) is 3.42. The van der Waals surface area contributed by atoms with Crippen LogP contribution >= 0.6 is 0 Å². The summed E-state index contributed by atoms with van der Waals surface area (Å²) in [7, 11) is 0. The molecule has 3 rings (SSSR count). The van der Waals surface area contributed by atoms with Gasteiger partial charge in [-0.15, -0.1) is 0 Å². The van der Waals surface area contributed by atoms with E-state index in [0.717, 1.165) is 11.3 Å². The predicted molar refractivity (Wildman–Crippen MR) is 103 cm³/mol. The number of hydrogen-bond donors (Lipinski definition) is 4. The van der Waals surface area contributed by atoms with E-state index in [9.17, 15) is 0 Å². The van der Waals surface area contributed by atoms with Gasteiger partial charge >= 0.3 is 0 Å². The fourth-order valence-corrected chi connectivity index (χ4v) is 2.05. The van der Waals surface area contributed by atoms with Gasteiger partial charge in [0, 0.05) is 17.9 Å². The summed E-state index contributed by atoms with van der Waals surface area (Å²) < 4.78 is 0. The third kappa shape index (κ3) is 5.65. The van der Waals surface area contributed by atoms with Crippen LogP contribution in [-0.2, 0) is 6.54 Å². The first-order valence-electron chi connectivity index (χ1n) is 8.11. The highest BCUT2D eigenvalue weighted by molar-refractivity contribution is 5.60. The van der Waals surface area contributed by atoms with Crippen LogP contribution in [0.3, 0.4) is 0 Å². The van der Waals surface area contributed by atoms with Crippen LogP contribution in [0.15, 0.2) is 54.6 Å². The van der Waals surface area contributed by atoms with Gasteiger partial charge in [0.05, 0.1) is 0 Å². The molecule has 7 heteroatoms. The molecule has 6 N–H and O–H groups in total. The zero-order valence-electron chi connectivity index (χ0n) is 14.4. The lowest BCUT2D eigenvalue weighted by atomic mass is 10.2. The Morgan fingerprint density at radius 3 is 2.28 bits per heavy atom. The second-order valence-corrected chi connectivity index (χ2v) is 4.93. The summed E-state index contributed by atoms with van der Waals surface area (Å²) >= 11 is 0. The average Bonchev–Trinajstić information content (AvgIpc) is 2.62. The first-order valence-corrected chi connectivity index (χ1v) is 8.11. The first kappa shape index (κ1) is 18.0. The van der Waals surface area contributed by atoms with Gasteiger partial charge in [-0.3, -0.25) is 0 Å². The van der Waals surface area contributed by atoms with Crippen LogP contribution in [0.1, 0.15) is 19.4 Å². The lowest BCUT2D eigenvalue weighted by molar-refractivity contribution is 1.02. The summed E-state index contributed by atoms with van der Waals surface area (Å²) in [4.78, 5) is 12.5. The molecule has 25 heavy (non-hydrogen) atoms. The van der Waals surface area contributed by atoms with Crippen LogP contribution in [0.25, 0.3) is 0 Å². The highest BCUT2D eigenvalue weighted by atomic mass is 15.2. The Hall–Kier alpha value is -3.35. The van der Waals surface area contributed by atoms with Crippen LogP contribution in [0, 0.1) is 0 Å². The van der Waals surface area contributed by atoms with E-state index in [4.69, 9.17) is 11.5 Å². The van der Waals surface area contributed by atoms with Gasteiger partial charge in [-0.25, -0.2) is 0 Å². The number of benzene rings is 2. The molecule has 130 valence electrons. The van der Waals surface area contributed by atoms with Crippen molar-refractivity contribution in [3.8, 4) is 0 Å². The second-order valence-electron chi connectivity index (χ2n) is 4.93. The summed E-state index contributed by atoms with van der Waals surface area (Å²) in [5.41, 5.74) is 14.1. The molecule has 0 unspecified atom stereocenters. The lowest BCUT2D eigenvalue weighted by Crippen LogP contribution is -2.09. The standard InChI is InChI=1S/C16H17N7.C2H6/c17-12-7-4-8-13(9-12)20-16-22-14(18)21-15(23-16)19-10-11-5-2-1-3-6-11;1-2/h1-9H,10,17H2,(H4,18,19,20,21,22,23);1-2H3. The third-order valence-corrected chi connectivity index (χ3v) is 3.09. The average molecular weight is 337 g/mol. The van der Waals surface area contributed by atoms with Gasteiger partial charge in [-0.1, -0.05) is 50.2 Å². The molecule has 3 aromatic rings. The molecule has 0 aliphatic carbocycles. The van der Waals surface area contributed by atoms with E-state index in [1.54, 1.807) is 12.1 Å². The molecule has 0 aliphatic heterocycles. The highest BCUT2D eigenvalue weighted by Crippen LogP contribution is 2.17. The number of nitrogens with two attached hydrogens (primary N) is 2. The van der Waals surface area contributed by atoms with E-state index in [0.29, 0.717) is 24.1 Å². The first-order chi connectivity index (χ1) is 12.2. The Morgan fingerprint density at radius 2 is 1.56 bits per heavy atom. The van der Waals surface area contributed by atoms with E-state index < -0.39 is 0 Å². The maximum absolute atomic E-state index is 5.75. The van der Waals surface area contributed by atoms with Crippen molar-refractivity contribution in [1.29, 1.82) is 0 Å². The molecule has 2 aromatic carbocycles. The minimum absolute atomic E-state index is 0.141. The van der Waals surface area contributed by atoms with Gasteiger partial charge in [0.2, 0.25) is 17.8 Å². The third-order valence-electron chi connectivity index (χ3n) is 3.09. The van der Waals surface area contributed by atoms with Crippen LogP contribution in [0.4, 0.5) is 29.2 Å². The van der Waals surface area contributed by atoms with Crippen LogP contribution in [-0.4, -0.2) is 15.0 Å². The molecule has 1 aromatic heterocycles. The Balaban J connectivity index is 0.00000109. The Labute approximate surface area is 147 Å². The normalized spacial score (nSPS) is 9.68. The maximum atomic E-state index is 5.75. The number of nitrogens with one attached hydrogen (secondary N) is 2. The van der Waals surface area contributed by atoms with Crippen LogP contribution in [0.2, 0.25) is 0 Å². The molecule has 0 fully saturated rings. The summed E-state index contributed by atoms with van der Waals surface area (Å²) in [5.74, 6) is 0.911. The van der Waals surface area contributed by atoms with Gasteiger partial charge < -0.3 is 22.1 Å². The largest absolute Gasteiger partial charge is 0.399 e. The molecule has 0 spiro atoms. The monoisotopic (exact) mass is 337 g/mol. The minimum Gasteiger partial charge on any atom is -0.399 e. The van der Waals surface area contributed by atoms with E-state index in [1.165, 1.54) is 0 Å². The zero-order chi connectivity index (χ0) is 18.1. The van der Waals surface area contributed by atoms with Gasteiger partial charge in [0.1, 0.15) is 0 Å².